The summed E-state index contributed by atoms with van der Waals surface area (Å²) in [6, 6.07) is -3.77. The average molecular weight is 676 g/mol. The van der Waals surface area contributed by atoms with Crippen LogP contribution in [0.5, 0.6) is 0 Å². The average Bonchev–Trinajstić information content (AvgIpc) is 2.90. The summed E-state index contributed by atoms with van der Waals surface area (Å²) in [5.74, 6) is -3.43. The third kappa shape index (κ3) is 18.2. The van der Waals surface area contributed by atoms with E-state index >= 15 is 0 Å². The van der Waals surface area contributed by atoms with Gasteiger partial charge in [-0.15, -0.1) is 0 Å². The van der Waals surface area contributed by atoms with Crippen molar-refractivity contribution in [1.82, 2.24) is 26.6 Å². The summed E-state index contributed by atoms with van der Waals surface area (Å²) in [6.45, 7) is 15.7. The van der Waals surface area contributed by atoms with Gasteiger partial charge in [0.2, 0.25) is 23.6 Å². The molecule has 14 nitrogen and oxygen atoms in total. The molecule has 5 amide bonds. The van der Waals surface area contributed by atoms with Gasteiger partial charge in [0.05, 0.1) is 25.0 Å². The predicted molar refractivity (Wildman–Crippen MR) is 177 cm³/mol. The van der Waals surface area contributed by atoms with Crippen molar-refractivity contribution in [2.75, 3.05) is 18.6 Å². The number of nitrogens with one attached hydrogen (secondary N) is 5. The molecule has 0 radical (unpaired) electrons. The standard InChI is InChI=1S/C31H57N5O9S/c1-17(2)15-21(22(37)16-23(38)35-25(18(3)4)28(42)32-13-11-24(39)40)34-27(41)20(12-14-46-10)33-29(43)26(19(5)6)36-30(44)45-31(7,8)9/h17-22,25-26,37H,11-16H2,1-10H3,(H,32,42)(H,33,43)(H,34,41)(H,35,38)(H,36,44)(H,39,40)/t20-,21?,22-,25+,26-/m0/s1. The van der Waals surface area contributed by atoms with E-state index in [9.17, 15) is 33.9 Å². The van der Waals surface area contributed by atoms with Gasteiger partial charge in [0.15, 0.2) is 0 Å². The first kappa shape index (κ1) is 42.9. The summed E-state index contributed by atoms with van der Waals surface area (Å²) in [7, 11) is 0. The molecule has 7 N–H and O–H groups in total. The van der Waals surface area contributed by atoms with Crippen molar-refractivity contribution < 1.29 is 43.7 Å². The topological polar surface area (TPSA) is 212 Å². The first-order valence-corrected chi connectivity index (χ1v) is 17.1. The van der Waals surface area contributed by atoms with Gasteiger partial charge in [-0.3, -0.25) is 24.0 Å². The number of carboxylic acids is 1. The van der Waals surface area contributed by atoms with Gasteiger partial charge in [-0.25, -0.2) is 4.79 Å². The van der Waals surface area contributed by atoms with Crippen LogP contribution in [0, 0.1) is 17.8 Å². The fourth-order valence-electron chi connectivity index (χ4n) is 4.34. The molecule has 0 saturated carbocycles. The summed E-state index contributed by atoms with van der Waals surface area (Å²) in [4.78, 5) is 75.4. The van der Waals surface area contributed by atoms with Gasteiger partial charge in [-0.05, 0) is 63.4 Å². The predicted octanol–water partition coefficient (Wildman–Crippen LogP) is 1.79. The second-order valence-corrected chi connectivity index (χ2v) is 14.4. The largest absolute Gasteiger partial charge is 0.481 e. The Kier molecular flexibility index (Phi) is 19.5. The Morgan fingerprint density at radius 3 is 1.85 bits per heavy atom. The molecule has 266 valence electrons. The van der Waals surface area contributed by atoms with Crippen molar-refractivity contribution in [3.05, 3.63) is 0 Å². The van der Waals surface area contributed by atoms with Gasteiger partial charge in [0, 0.05) is 6.54 Å². The van der Waals surface area contributed by atoms with E-state index in [1.807, 2.05) is 20.1 Å². The molecule has 15 heteroatoms. The lowest BCUT2D eigenvalue weighted by atomic mass is 9.96. The van der Waals surface area contributed by atoms with Gasteiger partial charge < -0.3 is 41.5 Å². The van der Waals surface area contributed by atoms with E-state index in [4.69, 9.17) is 9.84 Å². The number of amides is 5. The number of ether oxygens (including phenoxy) is 1. The molecule has 0 bridgehead atoms. The number of aliphatic hydroxyl groups is 1. The van der Waals surface area contributed by atoms with Crippen LogP contribution in [0.3, 0.4) is 0 Å². The molecule has 1 unspecified atom stereocenters. The Hall–Kier alpha value is -3.07. The quantitative estimate of drug-likeness (QED) is 0.0994. The number of alkyl carbamates (subject to hydrolysis) is 1. The summed E-state index contributed by atoms with van der Waals surface area (Å²) < 4.78 is 5.29. The van der Waals surface area contributed by atoms with Gasteiger partial charge in [0.25, 0.3) is 0 Å². The molecule has 0 aromatic carbocycles. The molecule has 0 spiro atoms. The molecule has 0 aromatic heterocycles. The van der Waals surface area contributed by atoms with Crippen molar-refractivity contribution >= 4 is 47.5 Å². The summed E-state index contributed by atoms with van der Waals surface area (Å²) >= 11 is 1.48. The maximum Gasteiger partial charge on any atom is 0.408 e. The lowest BCUT2D eigenvalue weighted by molar-refractivity contribution is -0.137. The van der Waals surface area contributed by atoms with Gasteiger partial charge in [-0.2, -0.15) is 11.8 Å². The van der Waals surface area contributed by atoms with E-state index in [0.29, 0.717) is 12.2 Å². The molecular weight excluding hydrogens is 618 g/mol. The van der Waals surface area contributed by atoms with Gasteiger partial charge >= 0.3 is 12.1 Å². The van der Waals surface area contributed by atoms with E-state index in [1.54, 1.807) is 48.5 Å². The molecule has 0 saturated heterocycles. The van der Waals surface area contributed by atoms with E-state index in [1.165, 1.54) is 11.8 Å². The third-order valence-corrected chi connectivity index (χ3v) is 7.32. The number of aliphatic carboxylic acids is 1. The number of aliphatic hydroxyl groups excluding tert-OH is 1. The van der Waals surface area contributed by atoms with Crippen molar-refractivity contribution in [3.8, 4) is 0 Å². The first-order valence-electron chi connectivity index (χ1n) is 15.7. The second kappa shape index (κ2) is 20.9. The van der Waals surface area contributed by atoms with E-state index in [-0.39, 0.29) is 37.1 Å². The molecule has 5 atom stereocenters. The van der Waals surface area contributed by atoms with E-state index < -0.39 is 78.0 Å². The zero-order valence-corrected chi connectivity index (χ0v) is 29.8. The normalized spacial score (nSPS) is 14.9. The highest BCUT2D eigenvalue weighted by Gasteiger charge is 2.33. The van der Waals surface area contributed by atoms with Crippen LogP contribution in [0.15, 0.2) is 0 Å². The molecule has 0 aliphatic carbocycles. The maximum absolute atomic E-state index is 13.5. The Labute approximate surface area is 277 Å². The highest BCUT2D eigenvalue weighted by atomic mass is 32.2. The lowest BCUT2D eigenvalue weighted by Gasteiger charge is -2.30. The number of carbonyl (C=O) groups is 6. The molecular formula is C31H57N5O9S. The van der Waals surface area contributed by atoms with Crippen molar-refractivity contribution in [2.45, 2.75) is 124 Å². The van der Waals surface area contributed by atoms with Crippen LogP contribution in [-0.2, 0) is 28.7 Å². The Morgan fingerprint density at radius 2 is 1.37 bits per heavy atom. The summed E-state index contributed by atoms with van der Waals surface area (Å²) in [5, 5.41) is 33.1. The molecule has 0 aliphatic rings. The number of hydrogen-bond donors (Lipinski definition) is 7. The highest BCUT2D eigenvalue weighted by molar-refractivity contribution is 7.98. The lowest BCUT2D eigenvalue weighted by Crippen LogP contribution is -2.58. The number of hydrogen-bond acceptors (Lipinski definition) is 9. The SMILES string of the molecule is CSCC[C@H](NC(=O)[C@@H](NC(=O)OC(C)(C)C)C(C)C)C(=O)NC(CC(C)C)[C@@H](O)CC(=O)N[C@@H](C(=O)NCCC(=O)O)C(C)C. The van der Waals surface area contributed by atoms with Crippen LogP contribution in [0.2, 0.25) is 0 Å². The summed E-state index contributed by atoms with van der Waals surface area (Å²) in [5.41, 5.74) is -0.768. The fraction of sp³-hybridized carbons (Fsp3) is 0.806. The van der Waals surface area contributed by atoms with E-state index in [2.05, 4.69) is 26.6 Å². The van der Waals surface area contributed by atoms with E-state index in [0.717, 1.165) is 0 Å². The minimum absolute atomic E-state index is 0.0222. The molecule has 0 rings (SSSR count). The molecule has 0 aliphatic heterocycles. The van der Waals surface area contributed by atoms with Crippen LogP contribution in [0.1, 0.15) is 88.0 Å². The molecule has 46 heavy (non-hydrogen) atoms. The number of carbonyl (C=O) groups excluding carboxylic acids is 5. The van der Waals surface area contributed by atoms with Crippen LogP contribution in [-0.4, -0.2) is 100 Å². The minimum atomic E-state index is -1.32. The molecule has 0 heterocycles. The minimum Gasteiger partial charge on any atom is -0.481 e. The van der Waals surface area contributed by atoms with Crippen LogP contribution in [0.25, 0.3) is 0 Å². The number of thioether (sulfide) groups is 1. The third-order valence-electron chi connectivity index (χ3n) is 6.68. The maximum atomic E-state index is 13.5. The van der Waals surface area contributed by atoms with Crippen LogP contribution < -0.4 is 26.6 Å². The smallest absolute Gasteiger partial charge is 0.408 e. The Morgan fingerprint density at radius 1 is 0.804 bits per heavy atom. The zero-order valence-electron chi connectivity index (χ0n) is 29.0. The fourth-order valence-corrected chi connectivity index (χ4v) is 4.81. The monoisotopic (exact) mass is 675 g/mol. The van der Waals surface area contributed by atoms with Gasteiger partial charge in [0.1, 0.15) is 23.7 Å². The van der Waals surface area contributed by atoms with Crippen molar-refractivity contribution in [2.24, 2.45) is 17.8 Å². The number of rotatable bonds is 20. The molecule has 0 fully saturated rings. The second-order valence-electron chi connectivity index (χ2n) is 13.5. The highest BCUT2D eigenvalue weighted by Crippen LogP contribution is 2.14. The zero-order chi connectivity index (χ0) is 35.8. The van der Waals surface area contributed by atoms with Crippen molar-refractivity contribution in [1.29, 1.82) is 0 Å². The number of carboxylic acid groups (broad SMARTS) is 1. The summed E-state index contributed by atoms with van der Waals surface area (Å²) in [6.07, 6.45) is -0.309. The van der Waals surface area contributed by atoms with Crippen molar-refractivity contribution in [3.63, 3.8) is 0 Å². The van der Waals surface area contributed by atoms with Crippen LogP contribution >= 0.6 is 11.8 Å². The molecule has 0 aromatic rings. The van der Waals surface area contributed by atoms with Gasteiger partial charge in [-0.1, -0.05) is 41.5 Å². The Balaban J connectivity index is 5.71. The first-order chi connectivity index (χ1) is 21.2. The van der Waals surface area contributed by atoms with Crippen LogP contribution in [0.4, 0.5) is 4.79 Å². The Bertz CT molecular complexity index is 1020.